The first-order chi connectivity index (χ1) is 9.60. The van der Waals surface area contributed by atoms with Gasteiger partial charge in [0.05, 0.1) is 6.10 Å². The van der Waals surface area contributed by atoms with Crippen molar-refractivity contribution in [1.82, 2.24) is 0 Å². The molecule has 1 nitrogen and oxygen atoms in total. The lowest BCUT2D eigenvalue weighted by Crippen LogP contribution is -2.27. The monoisotopic (exact) mass is 274 g/mol. The maximum absolute atomic E-state index is 10.6. The number of aliphatic hydroxyl groups excluding tert-OH is 1. The molecule has 0 saturated heterocycles. The van der Waals surface area contributed by atoms with Crippen LogP contribution in [0.2, 0.25) is 0 Å². The highest BCUT2D eigenvalue weighted by atomic mass is 16.3. The molecule has 1 aliphatic rings. The van der Waals surface area contributed by atoms with Gasteiger partial charge in [0.15, 0.2) is 0 Å². The largest absolute Gasteiger partial charge is 0.392 e. The third-order valence-corrected chi connectivity index (χ3v) is 5.07. The van der Waals surface area contributed by atoms with Crippen LogP contribution in [0.25, 0.3) is 0 Å². The molecular weight excluding hydrogens is 244 g/mol. The van der Waals surface area contributed by atoms with Crippen LogP contribution in [0.1, 0.15) is 62.1 Å². The van der Waals surface area contributed by atoms with E-state index in [2.05, 4.69) is 39.0 Å². The number of aliphatic hydroxyl groups is 1. The van der Waals surface area contributed by atoms with Gasteiger partial charge in [-0.3, -0.25) is 0 Å². The fourth-order valence-corrected chi connectivity index (χ4v) is 3.68. The Kier molecular flexibility index (Phi) is 5.65. The molecule has 0 radical (unpaired) electrons. The maximum Gasteiger partial charge on any atom is 0.0608 e. The van der Waals surface area contributed by atoms with Crippen LogP contribution in [0, 0.1) is 25.7 Å². The first kappa shape index (κ1) is 15.6. The van der Waals surface area contributed by atoms with E-state index < -0.39 is 0 Å². The second-order valence-electron chi connectivity index (χ2n) is 6.77. The molecule has 20 heavy (non-hydrogen) atoms. The first-order valence-corrected chi connectivity index (χ1v) is 8.34. The molecule has 0 aliphatic heterocycles. The van der Waals surface area contributed by atoms with E-state index in [0.717, 1.165) is 12.3 Å². The van der Waals surface area contributed by atoms with Crippen molar-refractivity contribution in [2.45, 2.75) is 71.8 Å². The molecule has 0 heterocycles. The van der Waals surface area contributed by atoms with Crippen LogP contribution in [0.15, 0.2) is 18.2 Å². The second-order valence-corrected chi connectivity index (χ2v) is 6.77. The minimum Gasteiger partial charge on any atom is -0.392 e. The summed E-state index contributed by atoms with van der Waals surface area (Å²) in [5.74, 6) is 1.44. The zero-order chi connectivity index (χ0) is 14.5. The quantitative estimate of drug-likeness (QED) is 0.816. The Morgan fingerprint density at radius 2 is 1.85 bits per heavy atom. The van der Waals surface area contributed by atoms with Gasteiger partial charge in [-0.25, -0.2) is 0 Å². The summed E-state index contributed by atoms with van der Waals surface area (Å²) in [6, 6.07) is 6.57. The molecule has 0 spiro atoms. The Morgan fingerprint density at radius 1 is 1.15 bits per heavy atom. The number of rotatable bonds is 5. The van der Waals surface area contributed by atoms with Crippen LogP contribution in [0.4, 0.5) is 0 Å². The van der Waals surface area contributed by atoms with E-state index in [4.69, 9.17) is 0 Å². The Morgan fingerprint density at radius 3 is 2.50 bits per heavy atom. The number of hydrogen-bond acceptors (Lipinski definition) is 1. The molecule has 0 aromatic heterocycles. The first-order valence-electron chi connectivity index (χ1n) is 8.34. The molecule has 1 atom stereocenters. The van der Waals surface area contributed by atoms with E-state index in [1.807, 2.05) is 0 Å². The fourth-order valence-electron chi connectivity index (χ4n) is 3.68. The van der Waals surface area contributed by atoms with Gasteiger partial charge in [0.1, 0.15) is 0 Å². The third-order valence-electron chi connectivity index (χ3n) is 5.07. The van der Waals surface area contributed by atoms with Crippen molar-refractivity contribution in [2.75, 3.05) is 0 Å². The summed E-state index contributed by atoms with van der Waals surface area (Å²) in [5.41, 5.74) is 3.94. The highest BCUT2D eigenvalue weighted by molar-refractivity contribution is 5.31. The van der Waals surface area contributed by atoms with Gasteiger partial charge in [0.25, 0.3) is 0 Å². The van der Waals surface area contributed by atoms with Gasteiger partial charge < -0.3 is 5.11 Å². The summed E-state index contributed by atoms with van der Waals surface area (Å²) in [7, 11) is 0. The number of hydrogen-bond donors (Lipinski definition) is 1. The Bertz CT molecular complexity index is 416. The lowest BCUT2D eigenvalue weighted by Gasteiger charge is -2.31. The van der Waals surface area contributed by atoms with Crippen LogP contribution in [-0.4, -0.2) is 11.2 Å². The Balaban J connectivity index is 1.89. The van der Waals surface area contributed by atoms with Crippen LogP contribution in [-0.2, 0) is 6.42 Å². The van der Waals surface area contributed by atoms with Crippen molar-refractivity contribution in [3.05, 3.63) is 34.9 Å². The molecule has 1 aromatic carbocycles. The van der Waals surface area contributed by atoms with Crippen LogP contribution < -0.4 is 0 Å². The van der Waals surface area contributed by atoms with Gasteiger partial charge in [-0.15, -0.1) is 0 Å². The van der Waals surface area contributed by atoms with Crippen molar-refractivity contribution in [3.63, 3.8) is 0 Å². The summed E-state index contributed by atoms with van der Waals surface area (Å²) in [6.45, 7) is 6.56. The zero-order valence-electron chi connectivity index (χ0n) is 13.4. The number of benzene rings is 1. The summed E-state index contributed by atoms with van der Waals surface area (Å²) in [5, 5.41) is 10.6. The molecule has 1 saturated carbocycles. The molecular formula is C19H30O. The smallest absolute Gasteiger partial charge is 0.0608 e. The van der Waals surface area contributed by atoms with Crippen LogP contribution in [0.3, 0.4) is 0 Å². The molecule has 1 heteroatoms. The van der Waals surface area contributed by atoms with Crippen molar-refractivity contribution < 1.29 is 5.11 Å². The highest BCUT2D eigenvalue weighted by Gasteiger charge is 2.26. The van der Waals surface area contributed by atoms with Gasteiger partial charge >= 0.3 is 0 Å². The fraction of sp³-hybridized carbons (Fsp3) is 0.684. The normalized spacial score (nSPS) is 24.6. The van der Waals surface area contributed by atoms with E-state index >= 15 is 0 Å². The maximum atomic E-state index is 10.6. The van der Waals surface area contributed by atoms with Gasteiger partial charge in [0.2, 0.25) is 0 Å². The summed E-state index contributed by atoms with van der Waals surface area (Å²) >= 11 is 0. The van der Waals surface area contributed by atoms with Gasteiger partial charge in [-0.2, -0.15) is 0 Å². The van der Waals surface area contributed by atoms with Crippen molar-refractivity contribution in [2.24, 2.45) is 11.8 Å². The van der Waals surface area contributed by atoms with E-state index in [0.29, 0.717) is 5.92 Å². The zero-order valence-corrected chi connectivity index (χ0v) is 13.4. The third kappa shape index (κ3) is 4.09. The molecule has 0 bridgehead atoms. The van der Waals surface area contributed by atoms with Crippen LogP contribution >= 0.6 is 0 Å². The van der Waals surface area contributed by atoms with E-state index in [1.54, 1.807) is 0 Å². The standard InChI is InChI=1S/C19H30O/c1-4-5-16-8-10-17(11-9-16)19(20)13-18-12-14(2)6-7-15(18)3/h6-7,12,16-17,19-20H,4-5,8-11,13H2,1-3H3. The van der Waals surface area contributed by atoms with E-state index in [9.17, 15) is 5.11 Å². The van der Waals surface area contributed by atoms with Crippen molar-refractivity contribution in [3.8, 4) is 0 Å². The Hall–Kier alpha value is -0.820. The van der Waals surface area contributed by atoms with E-state index in [-0.39, 0.29) is 6.10 Å². The summed E-state index contributed by atoms with van der Waals surface area (Å²) < 4.78 is 0. The minimum absolute atomic E-state index is 0.155. The van der Waals surface area contributed by atoms with Crippen molar-refractivity contribution in [1.29, 1.82) is 0 Å². The van der Waals surface area contributed by atoms with E-state index in [1.165, 1.54) is 55.2 Å². The molecule has 1 N–H and O–H groups in total. The lowest BCUT2D eigenvalue weighted by molar-refractivity contribution is 0.0727. The molecule has 112 valence electrons. The molecule has 1 aliphatic carbocycles. The Labute approximate surface area is 124 Å². The van der Waals surface area contributed by atoms with Crippen LogP contribution in [0.5, 0.6) is 0 Å². The topological polar surface area (TPSA) is 20.2 Å². The average molecular weight is 274 g/mol. The SMILES string of the molecule is CCCC1CCC(C(O)Cc2cc(C)ccc2C)CC1. The predicted molar refractivity (Wildman–Crippen MR) is 86.0 cm³/mol. The molecule has 1 fully saturated rings. The highest BCUT2D eigenvalue weighted by Crippen LogP contribution is 2.34. The molecule has 0 amide bonds. The van der Waals surface area contributed by atoms with Gasteiger partial charge in [-0.1, -0.05) is 56.4 Å². The second kappa shape index (κ2) is 7.26. The van der Waals surface area contributed by atoms with Crippen molar-refractivity contribution >= 4 is 0 Å². The van der Waals surface area contributed by atoms with Gasteiger partial charge in [0, 0.05) is 0 Å². The molecule has 2 rings (SSSR count). The van der Waals surface area contributed by atoms with Gasteiger partial charge in [-0.05, 0) is 56.1 Å². The lowest BCUT2D eigenvalue weighted by atomic mass is 9.76. The number of aryl methyl sites for hydroxylation is 2. The average Bonchev–Trinajstić information content (AvgIpc) is 2.44. The summed E-state index contributed by atoms with van der Waals surface area (Å²) in [4.78, 5) is 0. The minimum atomic E-state index is -0.155. The predicted octanol–water partition coefficient (Wildman–Crippen LogP) is 4.81. The summed E-state index contributed by atoms with van der Waals surface area (Å²) in [6.07, 6.45) is 8.44. The molecule has 1 unspecified atom stereocenters. The molecule has 1 aromatic rings.